The van der Waals surface area contributed by atoms with Crippen LogP contribution in [0.5, 0.6) is 0 Å². The molecular formula is C20H16B3F3O9S. The van der Waals surface area contributed by atoms with Crippen molar-refractivity contribution in [3.05, 3.63) is 23.3 Å². The molecule has 1 aliphatic heterocycles. The number of rotatable bonds is 7. The first-order valence-electron chi connectivity index (χ1n) is 10.6. The quantitative estimate of drug-likeness (QED) is 0.200. The Labute approximate surface area is 207 Å². The van der Waals surface area contributed by atoms with E-state index >= 15 is 0 Å². The Morgan fingerprint density at radius 1 is 1.22 bits per heavy atom. The van der Waals surface area contributed by atoms with Crippen LogP contribution in [0.4, 0.5) is 13.2 Å². The molecule has 2 bridgehead atoms. The zero-order chi connectivity index (χ0) is 26.7. The summed E-state index contributed by atoms with van der Waals surface area (Å²) in [5.41, 5.74) is 0.426. The predicted octanol–water partition coefficient (Wildman–Crippen LogP) is -1.36. The molecule has 0 spiro atoms. The third-order valence-corrected chi connectivity index (χ3v) is 7.50. The molecule has 0 aromatic heterocycles. The molecule has 1 N–H and O–H groups in total. The van der Waals surface area contributed by atoms with Gasteiger partial charge in [0.15, 0.2) is 0 Å². The Hall–Kier alpha value is -2.48. The van der Waals surface area contributed by atoms with Gasteiger partial charge >= 0.3 is 24.1 Å². The topological polar surface area (TPSA) is 133 Å². The summed E-state index contributed by atoms with van der Waals surface area (Å²) >= 11 is 0. The van der Waals surface area contributed by atoms with Crippen molar-refractivity contribution in [2.75, 3.05) is 5.75 Å². The SMILES string of the molecule is [B]Cc1c([B])cc([B])cc1C(=O)OC1C2CC3C1OC(=O)C3C2C(=O)OC(CS(=O)(=O)O)C(F)(F)F. The minimum absolute atomic E-state index is 0.0666. The molecule has 3 fully saturated rings. The zero-order valence-corrected chi connectivity index (χ0v) is 19.1. The van der Waals surface area contributed by atoms with E-state index in [2.05, 4.69) is 4.74 Å². The summed E-state index contributed by atoms with van der Waals surface area (Å²) in [4.78, 5) is 38.2. The first-order chi connectivity index (χ1) is 16.6. The fourth-order valence-corrected chi connectivity index (χ4v) is 6.03. The van der Waals surface area contributed by atoms with Gasteiger partial charge < -0.3 is 14.2 Å². The maximum absolute atomic E-state index is 13.3. The second-order valence-electron chi connectivity index (χ2n) is 8.94. The Bertz CT molecular complexity index is 1220. The highest BCUT2D eigenvalue weighted by Crippen LogP contribution is 2.59. The van der Waals surface area contributed by atoms with Crippen LogP contribution in [-0.4, -0.2) is 84.7 Å². The van der Waals surface area contributed by atoms with Crippen LogP contribution in [0.1, 0.15) is 22.3 Å². The van der Waals surface area contributed by atoms with E-state index in [-0.39, 0.29) is 34.8 Å². The van der Waals surface area contributed by atoms with E-state index in [1.807, 2.05) is 0 Å². The summed E-state index contributed by atoms with van der Waals surface area (Å²) in [6, 6.07) is 2.65. The summed E-state index contributed by atoms with van der Waals surface area (Å²) in [5.74, 6) is -9.49. The second kappa shape index (κ2) is 9.12. The minimum atomic E-state index is -5.32. The molecule has 9 nitrogen and oxygen atoms in total. The lowest BCUT2D eigenvalue weighted by Crippen LogP contribution is -2.47. The van der Waals surface area contributed by atoms with Crippen molar-refractivity contribution in [3.63, 3.8) is 0 Å². The lowest BCUT2D eigenvalue weighted by Gasteiger charge is -2.31. The number of halogens is 3. The molecule has 6 radical (unpaired) electrons. The number of esters is 3. The van der Waals surface area contributed by atoms with Crippen LogP contribution in [0.25, 0.3) is 0 Å². The predicted molar refractivity (Wildman–Crippen MR) is 117 cm³/mol. The molecule has 2 aliphatic carbocycles. The van der Waals surface area contributed by atoms with Gasteiger partial charge in [-0.15, -0.1) is 0 Å². The van der Waals surface area contributed by atoms with Gasteiger partial charge in [0.05, 0.1) is 25.2 Å². The highest BCUT2D eigenvalue weighted by molar-refractivity contribution is 7.85. The number of carbonyl (C=O) groups is 3. The molecular weight excluding hydrogens is 506 g/mol. The van der Waals surface area contributed by atoms with E-state index in [9.17, 15) is 36.0 Å². The number of hydrogen-bond acceptors (Lipinski definition) is 8. The van der Waals surface area contributed by atoms with E-state index < -0.39 is 81.9 Å². The van der Waals surface area contributed by atoms with Crippen LogP contribution >= 0.6 is 0 Å². The van der Waals surface area contributed by atoms with Gasteiger partial charge in [0.2, 0.25) is 6.10 Å². The number of hydrogen-bond donors (Lipinski definition) is 1. The Balaban J connectivity index is 1.59. The Kier molecular flexibility index (Phi) is 6.74. The molecule has 1 aromatic carbocycles. The Morgan fingerprint density at radius 2 is 1.89 bits per heavy atom. The van der Waals surface area contributed by atoms with Crippen LogP contribution in [0.2, 0.25) is 0 Å². The summed E-state index contributed by atoms with van der Waals surface area (Å²) in [6.45, 7) is 0. The van der Waals surface area contributed by atoms with Gasteiger partial charge in [-0.05, 0) is 12.0 Å². The molecule has 186 valence electrons. The molecule has 1 heterocycles. The van der Waals surface area contributed by atoms with Crippen LogP contribution in [0, 0.1) is 23.7 Å². The fourth-order valence-electron chi connectivity index (χ4n) is 5.39. The molecule has 7 unspecified atom stereocenters. The molecule has 2 saturated carbocycles. The van der Waals surface area contributed by atoms with E-state index in [4.69, 9.17) is 37.6 Å². The minimum Gasteiger partial charge on any atom is -0.458 e. The van der Waals surface area contributed by atoms with Crippen molar-refractivity contribution in [3.8, 4) is 0 Å². The van der Waals surface area contributed by atoms with Gasteiger partial charge in [-0.2, -0.15) is 21.6 Å². The molecule has 0 amide bonds. The van der Waals surface area contributed by atoms with Crippen LogP contribution < -0.4 is 10.9 Å². The van der Waals surface area contributed by atoms with E-state index in [1.165, 1.54) is 12.1 Å². The molecule has 7 atom stereocenters. The molecule has 3 aliphatic rings. The lowest BCUT2D eigenvalue weighted by atomic mass is 9.77. The maximum Gasteiger partial charge on any atom is 0.426 e. The largest absolute Gasteiger partial charge is 0.458 e. The highest BCUT2D eigenvalue weighted by atomic mass is 32.2. The van der Waals surface area contributed by atoms with Crippen LogP contribution in [0.15, 0.2) is 12.1 Å². The number of ether oxygens (including phenoxy) is 3. The molecule has 16 heteroatoms. The summed E-state index contributed by atoms with van der Waals surface area (Å²) in [5, 5.41) is 0. The summed E-state index contributed by atoms with van der Waals surface area (Å²) < 4.78 is 85.9. The van der Waals surface area contributed by atoms with E-state index in [1.54, 1.807) is 0 Å². The first kappa shape index (κ1) is 26.6. The van der Waals surface area contributed by atoms with Crippen molar-refractivity contribution < 1.29 is 54.7 Å². The van der Waals surface area contributed by atoms with Gasteiger partial charge in [-0.1, -0.05) is 29.4 Å². The first-order valence-corrected chi connectivity index (χ1v) is 12.2. The van der Waals surface area contributed by atoms with Gasteiger partial charge in [0.1, 0.15) is 33.7 Å². The third-order valence-electron chi connectivity index (χ3n) is 6.78. The van der Waals surface area contributed by atoms with Gasteiger partial charge in [-0.3, -0.25) is 14.1 Å². The van der Waals surface area contributed by atoms with Crippen LogP contribution in [-0.2, 0) is 40.2 Å². The second-order valence-corrected chi connectivity index (χ2v) is 10.4. The van der Waals surface area contributed by atoms with Gasteiger partial charge in [-0.25, -0.2) is 4.79 Å². The fraction of sp³-hybridized carbons (Fsp3) is 0.550. The summed E-state index contributed by atoms with van der Waals surface area (Å²) in [7, 11) is 12.1. The highest BCUT2D eigenvalue weighted by Gasteiger charge is 2.70. The number of alkyl halides is 3. The standard InChI is InChI=1S/C20H16B3F3O9S/c21-4-10-7(1-6(22)2-11(10)23)17(27)34-15-8-3-9-14(19(29)35-16(9)15)13(8)18(28)33-12(20(24,25)26)5-36(30,31)32/h1-2,8-9,12-16H,3-5H2,(H,30,31,32). The van der Waals surface area contributed by atoms with Crippen molar-refractivity contribution in [1.29, 1.82) is 0 Å². The zero-order valence-electron chi connectivity index (χ0n) is 18.3. The number of benzene rings is 1. The van der Waals surface area contributed by atoms with Gasteiger partial charge in [0.25, 0.3) is 10.1 Å². The number of fused-ring (bicyclic) bond motifs is 1. The smallest absolute Gasteiger partial charge is 0.426 e. The number of carbonyl (C=O) groups excluding carboxylic acids is 3. The monoisotopic (exact) mass is 522 g/mol. The van der Waals surface area contributed by atoms with Crippen LogP contribution in [0.3, 0.4) is 0 Å². The average Bonchev–Trinajstić information content (AvgIpc) is 3.34. The van der Waals surface area contributed by atoms with Crippen molar-refractivity contribution in [2.24, 2.45) is 23.7 Å². The van der Waals surface area contributed by atoms with Crippen molar-refractivity contribution in [1.82, 2.24) is 0 Å². The van der Waals surface area contributed by atoms with E-state index in [0.717, 1.165) is 0 Å². The molecule has 1 aromatic rings. The third kappa shape index (κ3) is 4.76. The molecule has 4 rings (SSSR count). The van der Waals surface area contributed by atoms with Gasteiger partial charge in [0, 0.05) is 11.8 Å². The normalized spacial score (nSPS) is 29.6. The van der Waals surface area contributed by atoms with Crippen molar-refractivity contribution in [2.45, 2.75) is 37.2 Å². The lowest BCUT2D eigenvalue weighted by molar-refractivity contribution is -0.219. The van der Waals surface area contributed by atoms with Crippen molar-refractivity contribution >= 4 is 62.5 Å². The van der Waals surface area contributed by atoms with E-state index in [0.29, 0.717) is 0 Å². The molecule has 1 saturated heterocycles. The average molecular weight is 522 g/mol. The summed E-state index contributed by atoms with van der Waals surface area (Å²) in [6.07, 6.45) is -10.7. The Morgan fingerprint density at radius 3 is 2.47 bits per heavy atom. The molecule has 36 heavy (non-hydrogen) atoms. The maximum atomic E-state index is 13.3.